The van der Waals surface area contributed by atoms with Gasteiger partial charge < -0.3 is 0 Å². The minimum absolute atomic E-state index is 1.45. The van der Waals surface area contributed by atoms with E-state index in [1.54, 1.807) is 14.1 Å². The smallest absolute Gasteiger partial charge is 0.252 e. The van der Waals surface area contributed by atoms with E-state index in [-0.39, 0.29) is 0 Å². The summed E-state index contributed by atoms with van der Waals surface area (Å²) < 4.78 is 1.18. The van der Waals surface area contributed by atoms with Crippen molar-refractivity contribution in [3.05, 3.63) is 0 Å². The highest BCUT2D eigenvalue weighted by atomic mass is 35.9. The summed E-state index contributed by atoms with van der Waals surface area (Å²) >= 11 is 39.5. The molecule has 0 aliphatic carbocycles. The zero-order valence-electron chi connectivity index (χ0n) is 6.99. The summed E-state index contributed by atoms with van der Waals surface area (Å²) in [5.74, 6) is -2.85. The molecule has 0 unspecified atom stereocenters. The van der Waals surface area contributed by atoms with Crippen molar-refractivity contribution in [2.75, 3.05) is 14.1 Å². The van der Waals surface area contributed by atoms with Gasteiger partial charge in [0.15, 0.2) is 0 Å². The van der Waals surface area contributed by atoms with Crippen LogP contribution >= 0.6 is 86.4 Å². The number of hydrogen-bond acceptors (Lipinski definition) is 1. The topological polar surface area (TPSA) is 15.6 Å². The predicted molar refractivity (Wildman–Crippen MR) is 69.5 cm³/mol. The summed E-state index contributed by atoms with van der Waals surface area (Å²) in [6.07, 6.45) is 0. The fourth-order valence-corrected chi connectivity index (χ4v) is 3.03. The molecule has 14 heavy (non-hydrogen) atoms. The molecule has 0 rings (SSSR count). The van der Waals surface area contributed by atoms with E-state index in [0.29, 0.717) is 0 Å². The van der Waals surface area contributed by atoms with Crippen molar-refractivity contribution in [1.82, 2.24) is 4.67 Å². The zero-order valence-corrected chi connectivity index (χ0v) is 13.2. The Bertz CT molecular complexity index is 251. The van der Waals surface area contributed by atoms with Crippen LogP contribution in [0.2, 0.25) is 0 Å². The van der Waals surface area contributed by atoms with E-state index in [1.807, 2.05) is 0 Å². The van der Waals surface area contributed by atoms with Crippen LogP contribution in [0.1, 0.15) is 0 Å². The lowest BCUT2D eigenvalue weighted by Crippen LogP contribution is -2.28. The normalized spacial score (nSPS) is 14.7. The molecule has 0 radical (unpaired) electrons. The van der Waals surface area contributed by atoms with Crippen molar-refractivity contribution in [2.45, 2.75) is 8.25 Å². The fraction of sp³-hybridized carbons (Fsp3) is 1.00. The van der Waals surface area contributed by atoms with Crippen LogP contribution in [0.25, 0.3) is 0 Å². The van der Waals surface area contributed by atoms with E-state index < -0.39 is 14.2 Å². The molecule has 0 bridgehead atoms. The third kappa shape index (κ3) is 4.61. The van der Waals surface area contributed by atoms with Crippen LogP contribution in [0, 0.1) is 0 Å². The van der Waals surface area contributed by atoms with Gasteiger partial charge in [0.2, 0.25) is 9.70 Å². The first kappa shape index (κ1) is 16.2. The molecule has 0 atom stereocenters. The van der Waals surface area contributed by atoms with Crippen LogP contribution in [-0.4, -0.2) is 27.0 Å². The Kier molecular flexibility index (Phi) is 6.08. The second-order valence-corrected chi connectivity index (χ2v) is 11.3. The van der Waals surface area contributed by atoms with E-state index in [1.165, 1.54) is 4.67 Å². The molecule has 0 aromatic rings. The second kappa shape index (κ2) is 5.25. The van der Waals surface area contributed by atoms with Crippen molar-refractivity contribution in [3.63, 3.8) is 0 Å². The van der Waals surface area contributed by atoms with Crippen LogP contribution < -0.4 is 0 Å². The van der Waals surface area contributed by atoms with Gasteiger partial charge in [-0.05, 0) is 36.6 Å². The molecule has 0 saturated carbocycles. The average Bonchev–Trinajstić information content (AvgIpc) is 1.80. The Morgan fingerprint density at radius 1 is 1.00 bits per heavy atom. The van der Waals surface area contributed by atoms with E-state index in [9.17, 15) is 0 Å². The summed E-state index contributed by atoms with van der Waals surface area (Å²) in [6, 6.07) is 0. The standard InChI is InChI=1S/C4H6Cl7N2P/c1-13(2)14(10,11)12-4(8,9)3(5,6)7/h1-2H3. The van der Waals surface area contributed by atoms with E-state index >= 15 is 0 Å². The molecule has 86 valence electrons. The van der Waals surface area contributed by atoms with E-state index in [0.717, 1.165) is 0 Å². The third-order valence-electron chi connectivity index (χ3n) is 1.07. The summed E-state index contributed by atoms with van der Waals surface area (Å²) in [4.78, 5) is 0. The molecular formula is C4H6Cl7N2P. The molecule has 0 saturated heterocycles. The Hall–Kier alpha value is 2.22. The highest BCUT2D eigenvalue weighted by molar-refractivity contribution is 8.08. The maximum Gasteiger partial charge on any atom is 0.256 e. The van der Waals surface area contributed by atoms with Gasteiger partial charge in [0.1, 0.15) is 0 Å². The van der Waals surface area contributed by atoms with Crippen LogP contribution in [0.3, 0.4) is 0 Å². The first-order chi connectivity index (χ1) is 5.90. The highest BCUT2D eigenvalue weighted by Gasteiger charge is 2.47. The molecule has 10 heteroatoms. The molecule has 0 aromatic carbocycles. The first-order valence-corrected chi connectivity index (χ1v) is 8.45. The van der Waals surface area contributed by atoms with Gasteiger partial charge >= 0.3 is 0 Å². The van der Waals surface area contributed by atoms with Gasteiger partial charge in [0.05, 0.1) is 0 Å². The number of alkyl halides is 5. The lowest BCUT2D eigenvalue weighted by atomic mass is 10.7. The van der Waals surface area contributed by atoms with Crippen molar-refractivity contribution >= 4 is 86.4 Å². The second-order valence-electron chi connectivity index (χ2n) is 2.44. The monoisotopic (exact) mass is 358 g/mol. The van der Waals surface area contributed by atoms with Gasteiger partial charge in [-0.25, -0.2) is 4.74 Å². The van der Waals surface area contributed by atoms with Crippen LogP contribution in [0.5, 0.6) is 0 Å². The lowest BCUT2D eigenvalue weighted by molar-refractivity contribution is 0.681. The Morgan fingerprint density at radius 2 is 1.36 bits per heavy atom. The molecule has 0 aromatic heterocycles. The average molecular weight is 361 g/mol. The number of nitrogens with zero attached hydrogens (tertiary/aromatic N) is 2. The molecule has 0 aliphatic rings. The zero-order chi connectivity index (χ0) is 11.8. The third-order valence-corrected chi connectivity index (χ3v) is 7.21. The highest BCUT2D eigenvalue weighted by Crippen LogP contribution is 2.66. The van der Waals surface area contributed by atoms with Gasteiger partial charge in [-0.3, -0.25) is 4.67 Å². The van der Waals surface area contributed by atoms with Crippen LogP contribution in [0.4, 0.5) is 0 Å². The van der Waals surface area contributed by atoms with Crippen molar-refractivity contribution < 1.29 is 0 Å². The maximum atomic E-state index is 5.85. The molecule has 2 nitrogen and oxygen atoms in total. The largest absolute Gasteiger partial charge is 0.256 e. The van der Waals surface area contributed by atoms with Gasteiger partial charge in [0.25, 0.3) is 4.46 Å². The van der Waals surface area contributed by atoms with Gasteiger partial charge in [-0.1, -0.05) is 58.0 Å². The minimum Gasteiger partial charge on any atom is -0.252 e. The van der Waals surface area contributed by atoms with Crippen LogP contribution in [-0.2, 0) is 0 Å². The Balaban J connectivity index is 5.17. The lowest BCUT2D eigenvalue weighted by Gasteiger charge is -2.27. The van der Waals surface area contributed by atoms with Crippen molar-refractivity contribution in [2.24, 2.45) is 4.74 Å². The molecule has 0 heterocycles. The van der Waals surface area contributed by atoms with Gasteiger partial charge in [-0.2, -0.15) is 0 Å². The van der Waals surface area contributed by atoms with E-state index in [2.05, 4.69) is 4.74 Å². The molecular weight excluding hydrogens is 355 g/mol. The summed E-state index contributed by atoms with van der Waals surface area (Å²) in [6.45, 7) is 0. The molecule has 0 spiro atoms. The van der Waals surface area contributed by atoms with Gasteiger partial charge in [-0.15, -0.1) is 0 Å². The molecule has 0 aliphatic heterocycles. The van der Waals surface area contributed by atoms with Crippen molar-refractivity contribution in [3.8, 4) is 0 Å². The van der Waals surface area contributed by atoms with E-state index in [4.69, 9.17) is 80.5 Å². The minimum atomic E-state index is -2.85. The molecule has 0 N–H and O–H groups in total. The Morgan fingerprint density at radius 3 is 1.57 bits per heavy atom. The SMILES string of the molecule is CN(C)P(Cl)(Cl)=NC(Cl)(Cl)C(Cl)(Cl)Cl. The first-order valence-electron chi connectivity index (χ1n) is 3.05. The molecule has 0 amide bonds. The number of rotatable bonds is 2. The summed E-state index contributed by atoms with van der Waals surface area (Å²) in [7, 11) is 3.22. The van der Waals surface area contributed by atoms with Crippen molar-refractivity contribution in [1.29, 1.82) is 0 Å². The predicted octanol–water partition coefficient (Wildman–Crippen LogP) is 5.47. The number of halogens is 7. The summed E-state index contributed by atoms with van der Waals surface area (Å²) in [5, 5.41) is 0. The number of hydrogen-bond donors (Lipinski definition) is 0. The summed E-state index contributed by atoms with van der Waals surface area (Å²) in [5.41, 5.74) is 0. The fourth-order valence-electron chi connectivity index (χ4n) is 0.297. The Labute approximate surface area is 117 Å². The van der Waals surface area contributed by atoms with Crippen LogP contribution in [0.15, 0.2) is 4.74 Å². The quantitative estimate of drug-likeness (QED) is 0.362. The van der Waals surface area contributed by atoms with Gasteiger partial charge in [0, 0.05) is 0 Å². The molecule has 0 fully saturated rings. The maximum absolute atomic E-state index is 5.85.